The zero-order chi connectivity index (χ0) is 28.4. The van der Waals surface area contributed by atoms with Crippen LogP contribution in [0.3, 0.4) is 0 Å². The van der Waals surface area contributed by atoms with Crippen LogP contribution < -0.4 is 9.46 Å². The van der Waals surface area contributed by atoms with E-state index >= 15 is 0 Å². The van der Waals surface area contributed by atoms with Gasteiger partial charge in [-0.3, -0.25) is 4.90 Å². The van der Waals surface area contributed by atoms with Crippen LogP contribution in [0.2, 0.25) is 0 Å². The van der Waals surface area contributed by atoms with Gasteiger partial charge in [0.1, 0.15) is 6.10 Å². The average molecular weight is 571 g/mol. The molecule has 2 heterocycles. The molecule has 210 valence electrons. The first-order valence-corrected chi connectivity index (χ1v) is 15.2. The number of nitrogens with zero attached hydrogens (tertiary/aromatic N) is 3. The number of aromatic nitrogens is 2. The number of allylic oxidation sites excluding steroid dienone is 3. The van der Waals surface area contributed by atoms with Gasteiger partial charge in [-0.1, -0.05) is 55.7 Å². The quantitative estimate of drug-likeness (QED) is 0.194. The number of hydrogen-bond acceptors (Lipinski definition) is 7. The summed E-state index contributed by atoms with van der Waals surface area (Å²) >= 11 is 0. The number of likely N-dealkylation sites (tertiary alicyclic amines) is 1. The third-order valence-electron chi connectivity index (χ3n) is 6.32. The van der Waals surface area contributed by atoms with Crippen molar-refractivity contribution in [2.45, 2.75) is 47.1 Å². The van der Waals surface area contributed by atoms with Crippen LogP contribution in [0.5, 0.6) is 5.88 Å². The van der Waals surface area contributed by atoms with Crippen molar-refractivity contribution in [3.05, 3.63) is 59.2 Å². The summed E-state index contributed by atoms with van der Waals surface area (Å²) in [5.74, 6) is 3.87. The summed E-state index contributed by atoms with van der Waals surface area (Å²) in [6.45, 7) is 14.3. The van der Waals surface area contributed by atoms with E-state index in [-0.39, 0.29) is 12.1 Å². The molecule has 0 bridgehead atoms. The van der Waals surface area contributed by atoms with Gasteiger partial charge in [-0.2, -0.15) is 9.71 Å². The van der Waals surface area contributed by atoms with Crippen LogP contribution in [0.25, 0.3) is 11.3 Å². The van der Waals surface area contributed by atoms with Crippen molar-refractivity contribution < 1.29 is 14.0 Å². The molecule has 1 saturated heterocycles. The van der Waals surface area contributed by atoms with Gasteiger partial charge < -0.3 is 14.0 Å². The van der Waals surface area contributed by atoms with E-state index in [2.05, 4.69) is 46.3 Å². The largest absolute Gasteiger partial charge is 0.575 e. The molecule has 1 aromatic heterocycles. The second-order valence-corrected chi connectivity index (χ2v) is 12.0. The third-order valence-corrected chi connectivity index (χ3v) is 6.90. The Morgan fingerprint density at radius 3 is 2.72 bits per heavy atom. The van der Waals surface area contributed by atoms with Gasteiger partial charge in [0.15, 0.2) is 10.6 Å². The van der Waals surface area contributed by atoms with Gasteiger partial charge in [0.25, 0.3) is 5.95 Å². The van der Waals surface area contributed by atoms with Crippen LogP contribution in [0.1, 0.15) is 38.3 Å². The predicted molar refractivity (Wildman–Crippen MR) is 161 cm³/mol. The Morgan fingerprint density at radius 2 is 2.05 bits per heavy atom. The fourth-order valence-corrected chi connectivity index (χ4v) is 5.29. The molecule has 0 spiro atoms. The molecule has 3 unspecified atom stereocenters. The third kappa shape index (κ3) is 10.2. The molecule has 1 aliphatic heterocycles. The van der Waals surface area contributed by atoms with Crippen molar-refractivity contribution in [2.24, 2.45) is 11.8 Å². The van der Waals surface area contributed by atoms with Gasteiger partial charge in [-0.05, 0) is 56.2 Å². The molecule has 1 aliphatic rings. The van der Waals surface area contributed by atoms with Crippen LogP contribution in [-0.4, -0.2) is 58.4 Å². The van der Waals surface area contributed by atoms with Crippen LogP contribution in [0.15, 0.2) is 48.1 Å². The summed E-state index contributed by atoms with van der Waals surface area (Å²) in [5, 5.41) is 0. The predicted octanol–water partition coefficient (Wildman–Crippen LogP) is 5.87. The normalized spacial score (nSPS) is 19.3. The molecule has 7 nitrogen and oxygen atoms in total. The first-order valence-electron chi connectivity index (χ1n) is 13.2. The first kappa shape index (κ1) is 31.0. The second kappa shape index (κ2) is 15.3. The van der Waals surface area contributed by atoms with Crippen molar-refractivity contribution in [3.63, 3.8) is 0 Å². The molecule has 2 aromatic rings. The van der Waals surface area contributed by atoms with Gasteiger partial charge in [-0.15, -0.1) is 6.42 Å². The van der Waals surface area contributed by atoms with Gasteiger partial charge in [0.2, 0.25) is 16.6 Å². The lowest BCUT2D eigenvalue weighted by Crippen LogP contribution is -2.47. The Labute approximate surface area is 240 Å². The zero-order valence-corrected chi connectivity index (χ0v) is 25.0. The lowest BCUT2D eigenvalue weighted by molar-refractivity contribution is 0.00741. The van der Waals surface area contributed by atoms with Crippen LogP contribution in [0.4, 0.5) is 5.95 Å². The molecule has 1 aromatic carbocycles. The Morgan fingerprint density at radius 1 is 1.31 bits per heavy atom. The highest BCUT2D eigenvalue weighted by molar-refractivity contribution is 8.14. The van der Waals surface area contributed by atoms with Crippen molar-refractivity contribution in [1.82, 2.24) is 14.9 Å². The number of ether oxygens (including phenoxy) is 2. The average Bonchev–Trinajstić information content (AvgIpc) is 2.83. The Balaban J connectivity index is 1.86. The maximum absolute atomic E-state index is 11.7. The first-order chi connectivity index (χ1) is 18.6. The maximum atomic E-state index is 11.7. The number of anilines is 1. The lowest BCUT2D eigenvalue weighted by atomic mass is 9.96. The lowest BCUT2D eigenvalue weighted by Gasteiger charge is -2.37. The highest BCUT2D eigenvalue weighted by Gasteiger charge is 2.30. The minimum Gasteiger partial charge on any atom is -0.575 e. The maximum Gasteiger partial charge on any atom is 0.270 e. The molecule has 3 atom stereocenters. The minimum absolute atomic E-state index is 0.115. The summed E-state index contributed by atoms with van der Waals surface area (Å²) in [6.07, 6.45) is 11.7. The molecule has 3 rings (SSSR count). The van der Waals surface area contributed by atoms with E-state index < -0.39 is 10.6 Å². The highest BCUT2D eigenvalue weighted by atomic mass is 35.7. The Hall–Kier alpha value is -2.54. The molecule has 1 fully saturated rings. The fourth-order valence-electron chi connectivity index (χ4n) is 4.85. The van der Waals surface area contributed by atoms with E-state index in [9.17, 15) is 4.55 Å². The number of nitrogens with one attached hydrogen (secondary N) is 1. The number of hydrogen-bond donors (Lipinski definition) is 1. The molecule has 0 radical (unpaired) electrons. The Kier molecular flexibility index (Phi) is 12.2. The number of terminal acetylenes is 1. The molecule has 0 amide bonds. The van der Waals surface area contributed by atoms with Crippen molar-refractivity contribution >= 4 is 27.2 Å². The Bertz CT molecular complexity index is 1170. The molecule has 1 N–H and O–H groups in total. The summed E-state index contributed by atoms with van der Waals surface area (Å²) in [6, 6.07) is 7.92. The summed E-state index contributed by atoms with van der Waals surface area (Å²) in [7, 11) is 3.88. The molecule has 9 heteroatoms. The van der Waals surface area contributed by atoms with E-state index in [1.807, 2.05) is 50.3 Å². The summed E-state index contributed by atoms with van der Waals surface area (Å²) in [5.41, 5.74) is 5.03. The topological polar surface area (TPSA) is 82.6 Å². The highest BCUT2D eigenvalue weighted by Crippen LogP contribution is 2.30. The van der Waals surface area contributed by atoms with E-state index in [1.165, 1.54) is 5.57 Å². The molecular formula is C30H39ClN4O3S. The number of rotatable bonds is 12. The molecule has 0 aliphatic carbocycles. The smallest absolute Gasteiger partial charge is 0.270 e. The fraction of sp³-hybridized carbons (Fsp3) is 0.467. The van der Waals surface area contributed by atoms with Crippen molar-refractivity contribution in [2.75, 3.05) is 37.6 Å². The van der Waals surface area contributed by atoms with Gasteiger partial charge >= 0.3 is 0 Å². The number of halogens is 1. The van der Waals surface area contributed by atoms with Crippen LogP contribution >= 0.6 is 10.7 Å². The van der Waals surface area contributed by atoms with E-state index in [0.29, 0.717) is 30.0 Å². The van der Waals surface area contributed by atoms with Gasteiger partial charge in [0, 0.05) is 37.9 Å². The summed E-state index contributed by atoms with van der Waals surface area (Å²) in [4.78, 5) is 11.5. The summed E-state index contributed by atoms with van der Waals surface area (Å²) < 4.78 is 26.9. The SMILES string of the molecule is C#C/C=C\C=C(/C)CN1CC(COCC(C)C)CC(Oc2cc(-c3c(C)cccc3C)nc(N[S+]([O-])Cl)n2)C1. The molecule has 39 heavy (non-hydrogen) atoms. The van der Waals surface area contributed by atoms with E-state index in [1.54, 1.807) is 6.08 Å². The van der Waals surface area contributed by atoms with Crippen molar-refractivity contribution in [3.8, 4) is 29.5 Å². The zero-order valence-electron chi connectivity index (χ0n) is 23.4. The van der Waals surface area contributed by atoms with Crippen LogP contribution in [0, 0.1) is 38.0 Å². The number of piperidine rings is 1. The molecule has 0 saturated carbocycles. The standard InChI is InChI=1S/C30H39ClN4O3S/c1-7-8-9-11-22(4)16-35-17-25(20-37-19-21(2)3)14-26(18-35)38-28-15-27(32-30(33-28)34-39(31)36)29-23(5)12-10-13-24(29)6/h1,8-13,15,21,25-26H,14,16-20H2,2-6H3,(H,32,33,34)/b9-8-,22-11+. The van der Waals surface area contributed by atoms with E-state index in [4.69, 9.17) is 26.6 Å². The van der Waals surface area contributed by atoms with E-state index in [0.717, 1.165) is 49.4 Å². The minimum atomic E-state index is -1.84. The van der Waals surface area contributed by atoms with Gasteiger partial charge in [0.05, 0.1) is 12.3 Å². The molecular weight excluding hydrogens is 532 g/mol. The van der Waals surface area contributed by atoms with Crippen LogP contribution in [-0.2, 0) is 15.3 Å². The van der Waals surface area contributed by atoms with Gasteiger partial charge in [-0.25, -0.2) is 4.98 Å². The second-order valence-electron chi connectivity index (χ2n) is 10.5. The van der Waals surface area contributed by atoms with Crippen molar-refractivity contribution in [1.29, 1.82) is 0 Å². The number of benzene rings is 1. The number of aryl methyl sites for hydroxylation is 2. The monoisotopic (exact) mass is 570 g/mol.